The molecule has 1 aromatic rings. The van der Waals surface area contributed by atoms with Crippen molar-refractivity contribution < 1.29 is 4.79 Å². The molecule has 0 saturated carbocycles. The lowest BCUT2D eigenvalue weighted by Crippen LogP contribution is -2.13. The van der Waals surface area contributed by atoms with Gasteiger partial charge in [-0.1, -0.05) is 6.07 Å². The number of nitrogens with two attached hydrogens (primary N) is 1. The summed E-state index contributed by atoms with van der Waals surface area (Å²) in [6, 6.07) is 3.86. The van der Waals surface area contributed by atoms with Crippen LogP contribution in [0.4, 0.5) is 0 Å². The van der Waals surface area contributed by atoms with Gasteiger partial charge in [-0.05, 0) is 24.4 Å². The fourth-order valence-corrected chi connectivity index (χ4v) is 2.01. The Morgan fingerprint density at radius 2 is 2.47 bits per heavy atom. The molecule has 0 aliphatic rings. The molecule has 5 heteroatoms. The molecule has 3 nitrogen and oxygen atoms in total. The van der Waals surface area contributed by atoms with Gasteiger partial charge in [-0.2, -0.15) is 17.7 Å². The van der Waals surface area contributed by atoms with Crippen LogP contribution in [0.1, 0.15) is 11.8 Å². The zero-order valence-electron chi connectivity index (χ0n) is 8.30. The van der Waals surface area contributed by atoms with Crippen LogP contribution < -0.4 is 5.84 Å². The second kappa shape index (κ2) is 5.72. The lowest BCUT2D eigenvalue weighted by molar-refractivity contribution is -0.113. The minimum absolute atomic E-state index is 0.0540. The van der Waals surface area contributed by atoms with Crippen LogP contribution in [-0.4, -0.2) is 17.2 Å². The number of carbonyl (C=O) groups excluding carboxylic acids is 1. The molecule has 0 spiro atoms. The van der Waals surface area contributed by atoms with Crippen molar-refractivity contribution in [3.63, 3.8) is 0 Å². The number of ketones is 1. The molecule has 0 aliphatic heterocycles. The van der Waals surface area contributed by atoms with Crippen LogP contribution in [0.25, 0.3) is 6.08 Å². The van der Waals surface area contributed by atoms with E-state index >= 15 is 0 Å². The first-order chi connectivity index (χ1) is 7.19. The predicted octanol–water partition coefficient (Wildman–Crippen LogP) is 1.97. The van der Waals surface area contributed by atoms with Gasteiger partial charge in [0, 0.05) is 16.2 Å². The molecule has 2 N–H and O–H groups in total. The van der Waals surface area contributed by atoms with E-state index in [2.05, 4.69) is 17.7 Å². The van der Waals surface area contributed by atoms with Crippen molar-refractivity contribution in [1.82, 2.24) is 0 Å². The van der Waals surface area contributed by atoms with Gasteiger partial charge in [0.25, 0.3) is 0 Å². The Balaban J connectivity index is 3.08. The summed E-state index contributed by atoms with van der Waals surface area (Å²) in [5, 5.41) is 5.51. The van der Waals surface area contributed by atoms with Crippen LogP contribution in [0.15, 0.2) is 28.2 Å². The van der Waals surface area contributed by atoms with Crippen LogP contribution in [0.5, 0.6) is 0 Å². The lowest BCUT2D eigenvalue weighted by atomic mass is 10.1. The minimum atomic E-state index is -0.0540. The van der Waals surface area contributed by atoms with Gasteiger partial charge in [0.05, 0.1) is 5.71 Å². The Labute approximate surface area is 98.1 Å². The molecular weight excluding hydrogens is 228 g/mol. The van der Waals surface area contributed by atoms with Gasteiger partial charge in [0.15, 0.2) is 5.78 Å². The maximum absolute atomic E-state index is 11.4. The molecule has 0 saturated heterocycles. The average Bonchev–Trinajstić information content (AvgIpc) is 2.70. The van der Waals surface area contributed by atoms with Crippen molar-refractivity contribution >= 4 is 41.5 Å². The van der Waals surface area contributed by atoms with Gasteiger partial charge < -0.3 is 5.84 Å². The van der Waals surface area contributed by atoms with Crippen LogP contribution >= 0.6 is 24.0 Å². The highest BCUT2D eigenvalue weighted by Crippen LogP contribution is 2.15. The Morgan fingerprint density at radius 3 is 2.87 bits per heavy atom. The van der Waals surface area contributed by atoms with Crippen molar-refractivity contribution in [3.05, 3.63) is 28.0 Å². The molecule has 0 unspecified atom stereocenters. The predicted molar refractivity (Wildman–Crippen MR) is 68.5 cm³/mol. The summed E-state index contributed by atoms with van der Waals surface area (Å²) < 4.78 is 0. The Hall–Kier alpha value is -1.07. The number of hydrazone groups is 1. The van der Waals surface area contributed by atoms with E-state index in [1.165, 1.54) is 6.92 Å². The smallest absolute Gasteiger partial charge is 0.161 e. The quantitative estimate of drug-likeness (QED) is 0.278. The molecule has 0 bridgehead atoms. The third-order valence-electron chi connectivity index (χ3n) is 1.83. The largest absolute Gasteiger partial charge is 0.323 e. The molecule has 15 heavy (non-hydrogen) atoms. The first kappa shape index (κ1) is 12.0. The third-order valence-corrected chi connectivity index (χ3v) is 2.94. The molecule has 0 fully saturated rings. The molecule has 0 aromatic carbocycles. The fraction of sp³-hybridized carbons (Fsp3) is 0.200. The van der Waals surface area contributed by atoms with E-state index in [4.69, 9.17) is 5.84 Å². The highest BCUT2D eigenvalue weighted by molar-refractivity contribution is 7.81. The normalized spacial score (nSPS) is 12.9. The molecule has 0 amide bonds. The molecule has 0 radical (unpaired) electrons. The first-order valence-electron chi connectivity index (χ1n) is 4.33. The standard InChI is InChI=1S/C10H12N2OS2/c1-7(13)9(10(6-14)12-11)5-8-3-2-4-15-8/h2-5,14H,6,11H2,1H3/b9-5-,12-10+. The van der Waals surface area contributed by atoms with Gasteiger partial charge >= 0.3 is 0 Å². The first-order valence-corrected chi connectivity index (χ1v) is 5.84. The summed E-state index contributed by atoms with van der Waals surface area (Å²) in [6.45, 7) is 1.49. The molecule has 0 aliphatic carbocycles. The number of rotatable bonds is 4. The van der Waals surface area contributed by atoms with Gasteiger partial charge in [0.2, 0.25) is 0 Å². The van der Waals surface area contributed by atoms with Gasteiger partial charge in [-0.15, -0.1) is 11.3 Å². The van der Waals surface area contributed by atoms with E-state index in [9.17, 15) is 4.79 Å². The van der Waals surface area contributed by atoms with Gasteiger partial charge in [0.1, 0.15) is 0 Å². The maximum Gasteiger partial charge on any atom is 0.161 e. The molecule has 1 rings (SSSR count). The summed E-state index contributed by atoms with van der Waals surface area (Å²) >= 11 is 5.64. The summed E-state index contributed by atoms with van der Waals surface area (Å²) in [5.41, 5.74) is 1.04. The lowest BCUT2D eigenvalue weighted by Gasteiger charge is -2.03. The van der Waals surface area contributed by atoms with Gasteiger partial charge in [-0.3, -0.25) is 4.79 Å². The van der Waals surface area contributed by atoms with E-state index in [-0.39, 0.29) is 5.78 Å². The van der Waals surface area contributed by atoms with Crippen molar-refractivity contribution in [2.45, 2.75) is 6.92 Å². The van der Waals surface area contributed by atoms with Gasteiger partial charge in [-0.25, -0.2) is 0 Å². The Kier molecular flexibility index (Phi) is 4.58. The number of allylic oxidation sites excluding steroid dienone is 1. The van der Waals surface area contributed by atoms with Crippen LogP contribution in [0.2, 0.25) is 0 Å². The Bertz CT molecular complexity index is 394. The number of hydrogen-bond donors (Lipinski definition) is 2. The van der Waals surface area contributed by atoms with Crippen molar-refractivity contribution in [1.29, 1.82) is 0 Å². The fourth-order valence-electron chi connectivity index (χ4n) is 1.10. The van der Waals surface area contributed by atoms with E-state index in [0.29, 0.717) is 17.0 Å². The van der Waals surface area contributed by atoms with Crippen LogP contribution in [0.3, 0.4) is 0 Å². The molecule has 1 heterocycles. The second-order valence-corrected chi connectivity index (χ2v) is 4.16. The molecule has 0 atom stereocenters. The van der Waals surface area contributed by atoms with Crippen molar-refractivity contribution in [3.8, 4) is 0 Å². The minimum Gasteiger partial charge on any atom is -0.323 e. The van der Waals surface area contributed by atoms with E-state index < -0.39 is 0 Å². The second-order valence-electron chi connectivity index (χ2n) is 2.86. The zero-order valence-corrected chi connectivity index (χ0v) is 10.0. The maximum atomic E-state index is 11.4. The monoisotopic (exact) mass is 240 g/mol. The average molecular weight is 240 g/mol. The number of carbonyl (C=O) groups is 1. The summed E-state index contributed by atoms with van der Waals surface area (Å²) in [4.78, 5) is 12.4. The summed E-state index contributed by atoms with van der Waals surface area (Å²) in [5.74, 6) is 5.50. The van der Waals surface area contributed by atoms with Crippen molar-refractivity contribution in [2.75, 3.05) is 5.75 Å². The number of nitrogens with zero attached hydrogens (tertiary/aromatic N) is 1. The highest BCUT2D eigenvalue weighted by Gasteiger charge is 2.10. The summed E-state index contributed by atoms with van der Waals surface area (Å²) in [6.07, 6.45) is 1.79. The Morgan fingerprint density at radius 1 is 1.73 bits per heavy atom. The van der Waals surface area contributed by atoms with Crippen LogP contribution in [-0.2, 0) is 4.79 Å². The SMILES string of the molecule is CC(=O)C(=C/c1cccs1)/C(CS)=N/N. The number of thiophene rings is 1. The van der Waals surface area contributed by atoms with Crippen molar-refractivity contribution in [2.24, 2.45) is 10.9 Å². The zero-order chi connectivity index (χ0) is 11.3. The molecule has 1 aromatic heterocycles. The molecule has 80 valence electrons. The summed E-state index contributed by atoms with van der Waals surface area (Å²) in [7, 11) is 0. The topological polar surface area (TPSA) is 55.5 Å². The number of hydrogen-bond acceptors (Lipinski definition) is 5. The van der Waals surface area contributed by atoms with Crippen LogP contribution in [0, 0.1) is 0 Å². The third kappa shape index (κ3) is 3.21. The van der Waals surface area contributed by atoms with E-state index in [1.54, 1.807) is 17.4 Å². The number of thiol groups is 1. The highest BCUT2D eigenvalue weighted by atomic mass is 32.1. The van der Waals surface area contributed by atoms with E-state index in [0.717, 1.165) is 4.88 Å². The number of Topliss-reactive ketones (excluding diaryl/α,β-unsaturated/α-hetero) is 1. The molecular formula is C10H12N2OS2. The van der Waals surface area contributed by atoms with E-state index in [1.807, 2.05) is 17.5 Å².